The van der Waals surface area contributed by atoms with Gasteiger partial charge in [-0.15, -0.1) is 0 Å². The first-order valence-electron chi connectivity index (χ1n) is 12.5. The van der Waals surface area contributed by atoms with Crippen molar-refractivity contribution in [3.05, 3.63) is 42.0 Å². The Bertz CT molecular complexity index is 1560. The fourth-order valence-electron chi connectivity index (χ4n) is 5.35. The van der Waals surface area contributed by atoms with Crippen LogP contribution in [0.15, 0.2) is 34.9 Å². The van der Waals surface area contributed by atoms with Gasteiger partial charge in [0.25, 0.3) is 5.92 Å². The third kappa shape index (κ3) is 4.20. The van der Waals surface area contributed by atoms with Gasteiger partial charge in [-0.25, -0.2) is 35.5 Å². The SMILES string of the molecule is CCOc1cc(-c2c(F)cccc2F)c2c(N3CC[C@H]4N(C[C@@H](NS(=O)(=O)C5CC5)C4(F)F)C3=O)noc2c1. The van der Waals surface area contributed by atoms with E-state index in [1.807, 2.05) is 0 Å². The van der Waals surface area contributed by atoms with Crippen LogP contribution in [0, 0.1) is 11.6 Å². The van der Waals surface area contributed by atoms with Crippen LogP contribution in [0.2, 0.25) is 0 Å². The molecule has 2 atom stereocenters. The van der Waals surface area contributed by atoms with Gasteiger partial charge in [-0.2, -0.15) is 0 Å². The minimum absolute atomic E-state index is 0.0135. The van der Waals surface area contributed by atoms with Gasteiger partial charge in [-0.1, -0.05) is 11.2 Å². The Labute approximate surface area is 220 Å². The maximum absolute atomic E-state index is 15.3. The molecule has 1 N–H and O–H groups in total. The molecular formula is C25H24F4N4O5S. The Hall–Kier alpha value is -3.39. The molecule has 208 valence electrons. The van der Waals surface area contributed by atoms with Gasteiger partial charge in [-0.3, -0.25) is 4.90 Å². The predicted octanol–water partition coefficient (Wildman–Crippen LogP) is 4.27. The number of fused-ring (bicyclic) bond motifs is 2. The van der Waals surface area contributed by atoms with Crippen molar-refractivity contribution in [2.45, 2.75) is 49.4 Å². The molecule has 39 heavy (non-hydrogen) atoms. The van der Waals surface area contributed by atoms with E-state index < -0.39 is 63.1 Å². The molecule has 0 bridgehead atoms. The summed E-state index contributed by atoms with van der Waals surface area (Å²) in [5.74, 6) is -5.08. The van der Waals surface area contributed by atoms with Crippen LogP contribution in [-0.4, -0.2) is 67.5 Å². The zero-order valence-electron chi connectivity index (χ0n) is 20.7. The molecule has 6 rings (SSSR count). The van der Waals surface area contributed by atoms with Gasteiger partial charge in [0.15, 0.2) is 11.4 Å². The Balaban J connectivity index is 1.39. The lowest BCUT2D eigenvalue weighted by atomic mass is 9.99. The first-order chi connectivity index (χ1) is 18.5. The number of rotatable bonds is 7. The van der Waals surface area contributed by atoms with E-state index in [-0.39, 0.29) is 47.7 Å². The highest BCUT2D eigenvalue weighted by Crippen LogP contribution is 2.44. The quantitative estimate of drug-likeness (QED) is 0.427. The molecule has 2 amide bonds. The summed E-state index contributed by atoms with van der Waals surface area (Å²) in [4.78, 5) is 15.6. The minimum atomic E-state index is -3.93. The molecule has 0 unspecified atom stereocenters. The molecule has 2 aliphatic heterocycles. The van der Waals surface area contributed by atoms with Gasteiger partial charge in [0.1, 0.15) is 29.5 Å². The monoisotopic (exact) mass is 568 g/mol. The van der Waals surface area contributed by atoms with Gasteiger partial charge >= 0.3 is 6.03 Å². The summed E-state index contributed by atoms with van der Waals surface area (Å²) in [6, 6.07) is 2.08. The number of aromatic nitrogens is 1. The highest BCUT2D eigenvalue weighted by Gasteiger charge is 2.61. The number of benzene rings is 2. The van der Waals surface area contributed by atoms with Crippen molar-refractivity contribution in [3.8, 4) is 16.9 Å². The Kier molecular flexibility index (Phi) is 6.02. The molecular weight excluding hydrogens is 544 g/mol. The van der Waals surface area contributed by atoms with Gasteiger partial charge in [0.2, 0.25) is 10.0 Å². The summed E-state index contributed by atoms with van der Waals surface area (Å²) >= 11 is 0. The topological polar surface area (TPSA) is 105 Å². The fraction of sp³-hybridized carbons (Fsp3) is 0.440. The van der Waals surface area contributed by atoms with Crippen LogP contribution in [0.25, 0.3) is 22.1 Å². The normalized spacial score (nSPS) is 22.9. The number of ether oxygens (including phenoxy) is 1. The van der Waals surface area contributed by atoms with Gasteiger partial charge in [0.05, 0.1) is 22.8 Å². The second kappa shape index (κ2) is 9.08. The molecule has 3 aliphatic rings. The molecule has 2 saturated heterocycles. The molecule has 1 saturated carbocycles. The second-order valence-electron chi connectivity index (χ2n) is 9.86. The largest absolute Gasteiger partial charge is 0.494 e. The van der Waals surface area contributed by atoms with E-state index >= 15 is 8.78 Å². The van der Waals surface area contributed by atoms with E-state index in [2.05, 4.69) is 9.88 Å². The molecule has 0 spiro atoms. The predicted molar refractivity (Wildman–Crippen MR) is 132 cm³/mol. The number of alkyl halides is 2. The highest BCUT2D eigenvalue weighted by atomic mass is 32.2. The third-order valence-corrected chi connectivity index (χ3v) is 9.33. The first-order valence-corrected chi connectivity index (χ1v) is 14.0. The molecule has 0 radical (unpaired) electrons. The average Bonchev–Trinajstić information content (AvgIpc) is 3.61. The number of carbonyl (C=O) groups excluding carboxylic acids is 1. The van der Waals surface area contributed by atoms with Gasteiger partial charge in [0, 0.05) is 24.7 Å². The summed E-state index contributed by atoms with van der Waals surface area (Å²) in [6.45, 7) is 1.24. The average molecular weight is 569 g/mol. The number of urea groups is 1. The Morgan fingerprint density at radius 2 is 1.90 bits per heavy atom. The van der Waals surface area contributed by atoms with Crippen LogP contribution in [0.5, 0.6) is 5.75 Å². The minimum Gasteiger partial charge on any atom is -0.494 e. The number of nitrogens with zero attached hydrogens (tertiary/aromatic N) is 3. The zero-order chi connectivity index (χ0) is 27.7. The van der Waals surface area contributed by atoms with Crippen molar-refractivity contribution in [2.24, 2.45) is 0 Å². The van der Waals surface area contributed by atoms with Gasteiger partial charge in [-0.05, 0) is 44.4 Å². The lowest BCUT2D eigenvalue weighted by molar-refractivity contribution is -0.0448. The summed E-state index contributed by atoms with van der Waals surface area (Å²) < 4.78 is 98.1. The number of anilines is 1. The number of hydrogen-bond donors (Lipinski definition) is 1. The molecule has 1 aromatic heterocycles. The van der Waals surface area contributed by atoms with Crippen molar-refractivity contribution in [2.75, 3.05) is 24.6 Å². The lowest BCUT2D eigenvalue weighted by Crippen LogP contribution is -2.56. The third-order valence-electron chi connectivity index (χ3n) is 7.37. The summed E-state index contributed by atoms with van der Waals surface area (Å²) in [5.41, 5.74) is -0.303. The van der Waals surface area contributed by atoms with E-state index in [1.165, 1.54) is 18.2 Å². The summed E-state index contributed by atoms with van der Waals surface area (Å²) in [6.07, 6.45) is 0.612. The van der Waals surface area contributed by atoms with Gasteiger partial charge < -0.3 is 14.2 Å². The van der Waals surface area contributed by atoms with Crippen molar-refractivity contribution in [1.29, 1.82) is 0 Å². The van der Waals surface area contributed by atoms with Crippen LogP contribution < -0.4 is 14.4 Å². The van der Waals surface area contributed by atoms with E-state index in [4.69, 9.17) is 9.26 Å². The zero-order valence-corrected chi connectivity index (χ0v) is 21.5. The highest BCUT2D eigenvalue weighted by molar-refractivity contribution is 7.90. The van der Waals surface area contributed by atoms with Crippen molar-refractivity contribution >= 4 is 32.8 Å². The van der Waals surface area contributed by atoms with Crippen molar-refractivity contribution < 1.29 is 40.0 Å². The van der Waals surface area contributed by atoms with E-state index in [0.717, 1.165) is 21.9 Å². The molecule has 9 nitrogen and oxygen atoms in total. The molecule has 2 aromatic carbocycles. The smallest absolute Gasteiger partial charge is 0.326 e. The molecule has 14 heteroatoms. The second-order valence-corrected chi connectivity index (χ2v) is 11.9. The van der Waals surface area contributed by atoms with Crippen molar-refractivity contribution in [1.82, 2.24) is 14.8 Å². The number of hydrogen-bond acceptors (Lipinski definition) is 6. The van der Waals surface area contributed by atoms with Crippen LogP contribution >= 0.6 is 0 Å². The van der Waals surface area contributed by atoms with E-state index in [9.17, 15) is 22.0 Å². The lowest BCUT2D eigenvalue weighted by Gasteiger charge is -2.37. The number of nitrogens with one attached hydrogen (secondary N) is 1. The first kappa shape index (κ1) is 25.9. The molecule has 3 fully saturated rings. The molecule has 3 heterocycles. The number of halogens is 4. The summed E-state index contributed by atoms with van der Waals surface area (Å²) in [5, 5.41) is 3.39. The number of sulfonamides is 1. The van der Waals surface area contributed by atoms with E-state index in [1.54, 1.807) is 6.92 Å². The Morgan fingerprint density at radius 1 is 1.18 bits per heavy atom. The standard InChI is InChI=1S/C25H24F4N4O5S/c1-2-37-13-10-15(21-16(26)4-3-5-17(21)27)22-18(11-13)38-30-23(22)32-9-8-20-25(28,29)19(12-33(20)24(32)34)31-39(35,36)14-6-7-14/h3-5,10-11,14,19-20,31H,2,6-9,12H2,1H3/t19-,20-/m1/s1. The maximum Gasteiger partial charge on any atom is 0.326 e. The summed E-state index contributed by atoms with van der Waals surface area (Å²) in [7, 11) is -3.93. The molecule has 3 aromatic rings. The number of carbonyl (C=O) groups is 1. The maximum atomic E-state index is 15.3. The number of amides is 2. The van der Waals surface area contributed by atoms with E-state index in [0.29, 0.717) is 12.8 Å². The van der Waals surface area contributed by atoms with Crippen LogP contribution in [-0.2, 0) is 10.0 Å². The Morgan fingerprint density at radius 3 is 2.56 bits per heavy atom. The van der Waals surface area contributed by atoms with Crippen LogP contribution in [0.3, 0.4) is 0 Å². The van der Waals surface area contributed by atoms with Crippen LogP contribution in [0.4, 0.5) is 28.2 Å². The van der Waals surface area contributed by atoms with Crippen LogP contribution in [0.1, 0.15) is 26.2 Å². The van der Waals surface area contributed by atoms with Crippen molar-refractivity contribution in [3.63, 3.8) is 0 Å². The fourth-order valence-corrected chi connectivity index (χ4v) is 6.93. The molecule has 1 aliphatic carbocycles.